The molecule has 2 rings (SSSR count). The van der Waals surface area contributed by atoms with Crippen molar-refractivity contribution >= 4 is 34.0 Å². The third kappa shape index (κ3) is 3.92. The summed E-state index contributed by atoms with van der Waals surface area (Å²) in [5.74, 6) is 3.73. The van der Waals surface area contributed by atoms with E-state index in [-0.39, 0.29) is 10.8 Å². The predicted octanol–water partition coefficient (Wildman–Crippen LogP) is 1.85. The highest BCUT2D eigenvalue weighted by Gasteiger charge is 2.35. The molecule has 114 valence electrons. The third-order valence-electron chi connectivity index (χ3n) is 2.07. The summed E-state index contributed by atoms with van der Waals surface area (Å²) >= 11 is 2.19. The minimum Gasteiger partial charge on any atom is -0.353 e. The Morgan fingerprint density at radius 2 is 2.00 bits per heavy atom. The van der Waals surface area contributed by atoms with Gasteiger partial charge in [0.2, 0.25) is 11.0 Å². The van der Waals surface area contributed by atoms with E-state index in [2.05, 4.69) is 25.6 Å². The Morgan fingerprint density at radius 1 is 1.29 bits per heavy atom. The lowest BCUT2D eigenvalue weighted by Crippen LogP contribution is -2.16. The number of nitrogens with zero attached hydrogens (tertiary/aromatic N) is 5. The number of aromatic nitrogens is 4. The number of nitrogens with two attached hydrogens (primary N) is 1. The molecule has 0 aliphatic heterocycles. The van der Waals surface area contributed by atoms with Crippen LogP contribution in [0.15, 0.2) is 15.4 Å². The van der Waals surface area contributed by atoms with E-state index in [1.165, 1.54) is 17.4 Å². The van der Waals surface area contributed by atoms with Crippen LogP contribution in [0.4, 0.5) is 24.1 Å². The molecule has 0 fully saturated rings. The van der Waals surface area contributed by atoms with Crippen molar-refractivity contribution in [2.75, 3.05) is 24.4 Å². The molecule has 2 aromatic heterocycles. The van der Waals surface area contributed by atoms with Gasteiger partial charge in [0.05, 0.1) is 0 Å². The lowest BCUT2D eigenvalue weighted by molar-refractivity contribution is -0.145. The molecule has 0 spiro atoms. The van der Waals surface area contributed by atoms with E-state index >= 15 is 0 Å². The summed E-state index contributed by atoms with van der Waals surface area (Å²) in [7, 11) is 3.58. The normalized spacial score (nSPS) is 11.5. The molecular weight excluding hydrogens is 327 g/mol. The third-order valence-corrected chi connectivity index (χ3v) is 4.13. The summed E-state index contributed by atoms with van der Waals surface area (Å²) in [6, 6.07) is 1.30. The summed E-state index contributed by atoms with van der Waals surface area (Å²) in [4.78, 5) is 8.48. The first-order chi connectivity index (χ1) is 9.79. The maximum atomic E-state index is 12.7. The van der Waals surface area contributed by atoms with Crippen LogP contribution in [0.2, 0.25) is 0 Å². The predicted molar refractivity (Wildman–Crippen MR) is 73.2 cm³/mol. The minimum atomic E-state index is -4.65. The first-order valence-corrected chi connectivity index (χ1v) is 7.04. The highest BCUT2D eigenvalue weighted by atomic mass is 32.2. The van der Waals surface area contributed by atoms with Crippen LogP contribution in [0.5, 0.6) is 0 Å². The second-order valence-corrected chi connectivity index (χ2v) is 6.13. The van der Waals surface area contributed by atoms with Crippen LogP contribution in [-0.4, -0.2) is 34.3 Å². The van der Waals surface area contributed by atoms with Gasteiger partial charge in [0.1, 0.15) is 10.8 Å². The first kappa shape index (κ1) is 15.7. The van der Waals surface area contributed by atoms with Gasteiger partial charge in [0.15, 0.2) is 4.34 Å². The lowest BCUT2D eigenvalue weighted by Gasteiger charge is -2.08. The van der Waals surface area contributed by atoms with Gasteiger partial charge in [0.25, 0.3) is 0 Å². The Bertz CT molecular complexity index is 628. The van der Waals surface area contributed by atoms with Crippen LogP contribution in [-0.2, 0) is 6.18 Å². The number of nitrogen functional groups attached to an aromatic ring is 1. The van der Waals surface area contributed by atoms with Gasteiger partial charge < -0.3 is 10.3 Å². The summed E-state index contributed by atoms with van der Waals surface area (Å²) < 4.78 is 38.6. The van der Waals surface area contributed by atoms with Gasteiger partial charge in [-0.25, -0.2) is 15.8 Å². The number of hydrogen-bond donors (Lipinski definition) is 2. The molecule has 0 atom stereocenters. The van der Waals surface area contributed by atoms with Gasteiger partial charge in [-0.2, -0.15) is 13.2 Å². The largest absolute Gasteiger partial charge is 0.451 e. The number of rotatable bonds is 4. The quantitative estimate of drug-likeness (QED) is 0.496. The number of nitrogens with one attached hydrogen (secondary N) is 1. The standard InChI is InChI=1S/C9H10F3N7S2/c1-19(2)7-17-18-8(21-7)20-5-3-4(16-13)14-6(15-5)9(10,11)12/h3H,13H2,1-2H3,(H,14,15,16). The molecule has 3 N–H and O–H groups in total. The van der Waals surface area contributed by atoms with Crippen LogP contribution < -0.4 is 16.2 Å². The molecule has 0 bridgehead atoms. The molecule has 0 unspecified atom stereocenters. The fourth-order valence-corrected chi connectivity index (χ4v) is 2.90. The van der Waals surface area contributed by atoms with Crippen molar-refractivity contribution in [2.45, 2.75) is 15.5 Å². The summed E-state index contributed by atoms with van der Waals surface area (Å²) in [5.41, 5.74) is 2.08. The van der Waals surface area contributed by atoms with Crippen LogP contribution in [0, 0.1) is 0 Å². The van der Waals surface area contributed by atoms with Crippen LogP contribution in [0.25, 0.3) is 0 Å². The second kappa shape index (κ2) is 5.99. The molecule has 21 heavy (non-hydrogen) atoms. The maximum absolute atomic E-state index is 12.7. The van der Waals surface area contributed by atoms with E-state index < -0.39 is 12.0 Å². The van der Waals surface area contributed by atoms with E-state index in [9.17, 15) is 13.2 Å². The van der Waals surface area contributed by atoms with E-state index in [4.69, 9.17) is 5.84 Å². The highest BCUT2D eigenvalue weighted by molar-refractivity contribution is 8.01. The molecule has 7 nitrogen and oxygen atoms in total. The van der Waals surface area contributed by atoms with E-state index in [0.29, 0.717) is 9.47 Å². The van der Waals surface area contributed by atoms with Gasteiger partial charge in [-0.3, -0.25) is 0 Å². The Morgan fingerprint density at radius 3 is 2.52 bits per heavy atom. The monoisotopic (exact) mass is 337 g/mol. The second-order valence-electron chi connectivity index (χ2n) is 3.90. The zero-order valence-corrected chi connectivity index (χ0v) is 12.5. The van der Waals surface area contributed by atoms with Crippen molar-refractivity contribution in [1.29, 1.82) is 0 Å². The molecule has 0 aromatic carbocycles. The molecule has 2 heterocycles. The Hall–Kier alpha value is -1.66. The van der Waals surface area contributed by atoms with Crippen molar-refractivity contribution < 1.29 is 13.2 Å². The van der Waals surface area contributed by atoms with E-state index in [1.54, 1.807) is 19.0 Å². The topological polar surface area (TPSA) is 92.9 Å². The van der Waals surface area contributed by atoms with Gasteiger partial charge >= 0.3 is 6.18 Å². The van der Waals surface area contributed by atoms with Gasteiger partial charge in [-0.05, 0) is 11.8 Å². The number of alkyl halides is 3. The molecule has 0 aliphatic rings. The zero-order valence-electron chi connectivity index (χ0n) is 10.8. The van der Waals surface area contributed by atoms with Gasteiger partial charge in [0, 0.05) is 20.2 Å². The van der Waals surface area contributed by atoms with Crippen LogP contribution in [0.3, 0.4) is 0 Å². The summed E-state index contributed by atoms with van der Waals surface area (Å²) in [5, 5.41) is 8.48. The van der Waals surface area contributed by atoms with Crippen molar-refractivity contribution in [3.05, 3.63) is 11.9 Å². The molecular formula is C9H10F3N7S2. The molecule has 0 radical (unpaired) electrons. The number of hydrazine groups is 1. The smallest absolute Gasteiger partial charge is 0.353 e. The summed E-state index contributed by atoms with van der Waals surface area (Å²) in [6.07, 6.45) is -4.65. The highest BCUT2D eigenvalue weighted by Crippen LogP contribution is 2.34. The van der Waals surface area contributed by atoms with Gasteiger partial charge in [-0.15, -0.1) is 10.2 Å². The van der Waals surface area contributed by atoms with Gasteiger partial charge in [-0.1, -0.05) is 11.3 Å². The van der Waals surface area contributed by atoms with E-state index in [0.717, 1.165) is 11.8 Å². The molecule has 0 aliphatic carbocycles. The number of anilines is 2. The Kier molecular flexibility index (Phi) is 4.49. The van der Waals surface area contributed by atoms with Crippen molar-refractivity contribution in [2.24, 2.45) is 5.84 Å². The fraction of sp³-hybridized carbons (Fsp3) is 0.333. The lowest BCUT2D eigenvalue weighted by atomic mass is 10.5. The average molecular weight is 337 g/mol. The maximum Gasteiger partial charge on any atom is 0.451 e. The zero-order chi connectivity index (χ0) is 15.6. The van der Waals surface area contributed by atoms with Crippen molar-refractivity contribution in [3.63, 3.8) is 0 Å². The van der Waals surface area contributed by atoms with Crippen LogP contribution in [0.1, 0.15) is 5.82 Å². The molecule has 0 saturated heterocycles. The van der Waals surface area contributed by atoms with Crippen molar-refractivity contribution in [3.8, 4) is 0 Å². The average Bonchev–Trinajstić information content (AvgIpc) is 2.86. The molecule has 12 heteroatoms. The van der Waals surface area contributed by atoms with E-state index in [1.807, 2.05) is 0 Å². The Balaban J connectivity index is 2.30. The summed E-state index contributed by atoms with van der Waals surface area (Å²) in [6.45, 7) is 0. The number of halogens is 3. The van der Waals surface area contributed by atoms with Crippen LogP contribution >= 0.6 is 23.1 Å². The molecule has 0 amide bonds. The van der Waals surface area contributed by atoms with Crippen molar-refractivity contribution in [1.82, 2.24) is 20.2 Å². The SMILES string of the molecule is CN(C)c1nnc(Sc2cc(NN)nc(C(F)(F)F)n2)s1. The fourth-order valence-electron chi connectivity index (χ4n) is 1.19. The molecule has 0 saturated carbocycles. The molecule has 2 aromatic rings. The number of hydrogen-bond acceptors (Lipinski definition) is 9. The first-order valence-electron chi connectivity index (χ1n) is 5.41. The Labute approximate surface area is 125 Å². The minimum absolute atomic E-state index is 0.0757.